The summed E-state index contributed by atoms with van der Waals surface area (Å²) in [6.07, 6.45) is 0.813. The molecule has 1 saturated heterocycles. The Hall–Kier alpha value is -0.900. The maximum atomic E-state index is 11.3. The summed E-state index contributed by atoms with van der Waals surface area (Å²) in [4.78, 5) is 23.7. The molecule has 0 bridgehead atoms. The molecule has 2 atom stereocenters. The number of likely N-dealkylation sites (tertiary alicyclic amines) is 1. The molecule has 0 radical (unpaired) electrons. The quantitative estimate of drug-likeness (QED) is 0.582. The Kier molecular flexibility index (Phi) is 3.03. The number of ketones is 1. The molecule has 2 unspecified atom stereocenters. The molecule has 1 N–H and O–H groups in total. The van der Waals surface area contributed by atoms with Crippen LogP contribution in [-0.4, -0.2) is 40.4 Å². The zero-order chi connectivity index (χ0) is 10.0. The minimum atomic E-state index is -0.431. The molecule has 1 heterocycles. The van der Waals surface area contributed by atoms with E-state index in [0.717, 1.165) is 0 Å². The summed E-state index contributed by atoms with van der Waals surface area (Å²) >= 11 is 0. The van der Waals surface area contributed by atoms with E-state index in [-0.39, 0.29) is 12.1 Å². The largest absolute Gasteiger partial charge is 0.393 e. The summed E-state index contributed by atoms with van der Waals surface area (Å²) in [5, 5.41) is 9.29. The van der Waals surface area contributed by atoms with Gasteiger partial charge in [0.05, 0.1) is 6.10 Å². The van der Waals surface area contributed by atoms with Gasteiger partial charge in [-0.15, -0.1) is 0 Å². The van der Waals surface area contributed by atoms with Crippen LogP contribution >= 0.6 is 0 Å². The average molecular weight is 185 g/mol. The van der Waals surface area contributed by atoms with Crippen molar-refractivity contribution in [2.45, 2.75) is 38.8 Å². The van der Waals surface area contributed by atoms with E-state index in [0.29, 0.717) is 19.4 Å². The molecular weight excluding hydrogens is 170 g/mol. The fourth-order valence-corrected chi connectivity index (χ4v) is 1.65. The van der Waals surface area contributed by atoms with Crippen LogP contribution in [0.25, 0.3) is 0 Å². The highest BCUT2D eigenvalue weighted by Crippen LogP contribution is 2.17. The van der Waals surface area contributed by atoms with Crippen molar-refractivity contribution >= 4 is 11.7 Å². The molecule has 0 aliphatic carbocycles. The molecule has 0 saturated carbocycles. The lowest BCUT2D eigenvalue weighted by atomic mass is 10.0. The van der Waals surface area contributed by atoms with Crippen LogP contribution in [-0.2, 0) is 9.59 Å². The monoisotopic (exact) mass is 185 g/mol. The molecule has 1 rings (SSSR count). The molecule has 4 nitrogen and oxygen atoms in total. The first-order chi connectivity index (χ1) is 6.02. The molecule has 1 fully saturated rings. The number of rotatable bonds is 1. The van der Waals surface area contributed by atoms with E-state index in [1.54, 1.807) is 0 Å². The molecule has 4 heteroatoms. The van der Waals surface area contributed by atoms with Crippen LogP contribution in [0.5, 0.6) is 0 Å². The van der Waals surface area contributed by atoms with Crippen molar-refractivity contribution in [3.05, 3.63) is 0 Å². The zero-order valence-electron chi connectivity index (χ0n) is 7.99. The van der Waals surface area contributed by atoms with E-state index in [2.05, 4.69) is 0 Å². The topological polar surface area (TPSA) is 57.6 Å². The Bertz CT molecular complexity index is 227. The second-order valence-corrected chi connectivity index (χ2v) is 3.58. The van der Waals surface area contributed by atoms with E-state index in [1.165, 1.54) is 11.8 Å². The van der Waals surface area contributed by atoms with Gasteiger partial charge in [0.1, 0.15) is 0 Å². The lowest BCUT2D eigenvalue weighted by molar-refractivity contribution is -0.147. The summed E-state index contributed by atoms with van der Waals surface area (Å²) in [7, 11) is 0. The van der Waals surface area contributed by atoms with Crippen molar-refractivity contribution in [1.29, 1.82) is 0 Å². The predicted octanol–water partition coefficient (Wildman–Crippen LogP) is -0.0528. The van der Waals surface area contributed by atoms with E-state index >= 15 is 0 Å². The SMILES string of the molecule is CC(=O)C(=O)N1CCC(O)CC1C. The van der Waals surface area contributed by atoms with Gasteiger partial charge in [0, 0.05) is 19.5 Å². The highest BCUT2D eigenvalue weighted by atomic mass is 16.3. The van der Waals surface area contributed by atoms with Crippen LogP contribution in [0.2, 0.25) is 0 Å². The third-order valence-electron chi connectivity index (χ3n) is 2.41. The van der Waals surface area contributed by atoms with Gasteiger partial charge in [-0.1, -0.05) is 0 Å². The minimum absolute atomic E-state index is 0.0276. The van der Waals surface area contributed by atoms with Gasteiger partial charge in [0.2, 0.25) is 5.78 Å². The van der Waals surface area contributed by atoms with Crippen molar-refractivity contribution in [2.24, 2.45) is 0 Å². The van der Waals surface area contributed by atoms with Gasteiger partial charge in [-0.2, -0.15) is 0 Å². The molecule has 74 valence electrons. The van der Waals surface area contributed by atoms with Gasteiger partial charge >= 0.3 is 0 Å². The van der Waals surface area contributed by atoms with Crippen LogP contribution in [0.15, 0.2) is 0 Å². The van der Waals surface area contributed by atoms with Crippen molar-refractivity contribution in [2.75, 3.05) is 6.54 Å². The Balaban J connectivity index is 2.61. The number of aliphatic hydroxyl groups excluding tert-OH is 1. The summed E-state index contributed by atoms with van der Waals surface area (Å²) < 4.78 is 0. The van der Waals surface area contributed by atoms with Crippen molar-refractivity contribution < 1.29 is 14.7 Å². The van der Waals surface area contributed by atoms with Crippen LogP contribution in [0.4, 0.5) is 0 Å². The first-order valence-corrected chi connectivity index (χ1v) is 4.52. The lowest BCUT2D eigenvalue weighted by Crippen LogP contribution is -2.48. The van der Waals surface area contributed by atoms with E-state index in [1.807, 2.05) is 6.92 Å². The fourth-order valence-electron chi connectivity index (χ4n) is 1.65. The van der Waals surface area contributed by atoms with E-state index in [9.17, 15) is 14.7 Å². The molecule has 1 amide bonds. The van der Waals surface area contributed by atoms with Crippen molar-refractivity contribution in [1.82, 2.24) is 4.90 Å². The first kappa shape index (κ1) is 10.2. The van der Waals surface area contributed by atoms with E-state index < -0.39 is 11.7 Å². The van der Waals surface area contributed by atoms with Gasteiger partial charge in [-0.3, -0.25) is 9.59 Å². The number of carbonyl (C=O) groups is 2. The molecule has 0 aromatic carbocycles. The van der Waals surface area contributed by atoms with Crippen molar-refractivity contribution in [3.8, 4) is 0 Å². The number of Topliss-reactive ketones (excluding diaryl/α,β-unsaturated/α-hetero) is 1. The Morgan fingerprint density at radius 3 is 2.54 bits per heavy atom. The maximum absolute atomic E-state index is 11.3. The van der Waals surface area contributed by atoms with Crippen molar-refractivity contribution in [3.63, 3.8) is 0 Å². The number of hydrogen-bond acceptors (Lipinski definition) is 3. The summed E-state index contributed by atoms with van der Waals surface area (Å²) in [6.45, 7) is 3.62. The number of amides is 1. The van der Waals surface area contributed by atoms with Gasteiger partial charge in [-0.25, -0.2) is 0 Å². The standard InChI is InChI=1S/C9H15NO3/c1-6-5-8(12)3-4-10(6)9(13)7(2)11/h6,8,12H,3-5H2,1-2H3. The average Bonchev–Trinajstić information content (AvgIpc) is 2.03. The van der Waals surface area contributed by atoms with E-state index in [4.69, 9.17) is 0 Å². The van der Waals surface area contributed by atoms with Gasteiger partial charge in [0.25, 0.3) is 5.91 Å². The molecule has 13 heavy (non-hydrogen) atoms. The second kappa shape index (κ2) is 3.87. The van der Waals surface area contributed by atoms with Crippen LogP contribution in [0.3, 0.4) is 0 Å². The lowest BCUT2D eigenvalue weighted by Gasteiger charge is -2.35. The number of hydrogen-bond donors (Lipinski definition) is 1. The van der Waals surface area contributed by atoms with Crippen LogP contribution < -0.4 is 0 Å². The third-order valence-corrected chi connectivity index (χ3v) is 2.41. The molecule has 1 aliphatic heterocycles. The number of piperidine rings is 1. The third kappa shape index (κ3) is 2.28. The molecular formula is C9H15NO3. The summed E-state index contributed by atoms with van der Waals surface area (Å²) in [5.41, 5.74) is 0. The maximum Gasteiger partial charge on any atom is 0.289 e. The highest BCUT2D eigenvalue weighted by molar-refractivity contribution is 6.35. The second-order valence-electron chi connectivity index (χ2n) is 3.58. The smallest absolute Gasteiger partial charge is 0.289 e. The Labute approximate surface area is 77.5 Å². The molecule has 0 aromatic rings. The Morgan fingerprint density at radius 2 is 2.08 bits per heavy atom. The fraction of sp³-hybridized carbons (Fsp3) is 0.778. The molecule has 1 aliphatic rings. The Morgan fingerprint density at radius 1 is 1.46 bits per heavy atom. The molecule has 0 aromatic heterocycles. The molecule has 0 spiro atoms. The summed E-state index contributed by atoms with van der Waals surface area (Å²) in [6, 6.07) is -0.0276. The number of nitrogens with zero attached hydrogens (tertiary/aromatic N) is 1. The van der Waals surface area contributed by atoms with Gasteiger partial charge in [-0.05, 0) is 19.8 Å². The van der Waals surface area contributed by atoms with Gasteiger partial charge in [0.15, 0.2) is 0 Å². The predicted molar refractivity (Wildman–Crippen MR) is 47.1 cm³/mol. The van der Waals surface area contributed by atoms with Gasteiger partial charge < -0.3 is 10.0 Å². The number of aliphatic hydroxyl groups is 1. The zero-order valence-corrected chi connectivity index (χ0v) is 7.99. The normalized spacial score (nSPS) is 28.7. The summed E-state index contributed by atoms with van der Waals surface area (Å²) in [5.74, 6) is -0.859. The first-order valence-electron chi connectivity index (χ1n) is 4.52. The highest BCUT2D eigenvalue weighted by Gasteiger charge is 2.29. The number of carbonyl (C=O) groups excluding carboxylic acids is 2. The van der Waals surface area contributed by atoms with Crippen LogP contribution in [0.1, 0.15) is 26.7 Å². The minimum Gasteiger partial charge on any atom is -0.393 e. The van der Waals surface area contributed by atoms with Crippen LogP contribution in [0, 0.1) is 0 Å².